The molecule has 2 fully saturated rings. The Bertz CT molecular complexity index is 290. The maximum Gasteiger partial charge on any atom is 0.166 e. The maximum atomic E-state index is 9.56. The van der Waals surface area contributed by atoms with Gasteiger partial charge in [-0.2, -0.15) is 0 Å². The molecule has 2 N–H and O–H groups in total. The first-order valence-corrected chi connectivity index (χ1v) is 6.33. The molecule has 0 unspecified atom stereocenters. The Hall–Kier alpha value is -0.760. The van der Waals surface area contributed by atoms with Crippen LogP contribution in [0.25, 0.3) is 0 Å². The van der Waals surface area contributed by atoms with Crippen LogP contribution >= 0.6 is 0 Å². The average Bonchev–Trinajstić information content (AvgIpc) is 2.37. The lowest BCUT2D eigenvalue weighted by atomic mass is 10.2. The van der Waals surface area contributed by atoms with Crippen molar-refractivity contribution in [3.05, 3.63) is 25.3 Å². The van der Waals surface area contributed by atoms with Crippen molar-refractivity contribution in [2.24, 2.45) is 0 Å². The molecule has 2 heterocycles. The van der Waals surface area contributed by atoms with Crippen LogP contribution in [0.2, 0.25) is 0 Å². The zero-order valence-corrected chi connectivity index (χ0v) is 10.7. The smallest absolute Gasteiger partial charge is 0.166 e. The quantitative estimate of drug-likeness (QED) is 0.732. The van der Waals surface area contributed by atoms with Crippen LogP contribution in [0.15, 0.2) is 25.3 Å². The zero-order valence-electron chi connectivity index (χ0n) is 10.7. The van der Waals surface area contributed by atoms with Crippen LogP contribution < -0.4 is 0 Å². The summed E-state index contributed by atoms with van der Waals surface area (Å²) in [7, 11) is 0. The SMILES string of the molecule is C=C[C@H]1C[C@@H](O)O[C@@H](C[C@H]2O[C@@H](O)C[C@H](C=C)O2)O1. The summed E-state index contributed by atoms with van der Waals surface area (Å²) >= 11 is 0. The molecular weight excluding hydrogens is 252 g/mol. The second kappa shape index (κ2) is 6.60. The molecular formula is C13H20O6. The molecule has 0 radical (unpaired) electrons. The van der Waals surface area contributed by atoms with Gasteiger partial charge in [0.2, 0.25) is 0 Å². The predicted octanol–water partition coefficient (Wildman–Crippen LogP) is 0.648. The van der Waals surface area contributed by atoms with E-state index in [0.717, 1.165) is 0 Å². The van der Waals surface area contributed by atoms with Gasteiger partial charge in [-0.3, -0.25) is 0 Å². The van der Waals surface area contributed by atoms with Gasteiger partial charge < -0.3 is 29.2 Å². The van der Waals surface area contributed by atoms with Crippen LogP contribution in [0.1, 0.15) is 19.3 Å². The number of ether oxygens (including phenoxy) is 4. The molecule has 0 amide bonds. The van der Waals surface area contributed by atoms with Crippen LogP contribution in [0.4, 0.5) is 0 Å². The highest BCUT2D eigenvalue weighted by Crippen LogP contribution is 2.26. The van der Waals surface area contributed by atoms with E-state index >= 15 is 0 Å². The summed E-state index contributed by atoms with van der Waals surface area (Å²) in [5.74, 6) is 0. The fourth-order valence-corrected chi connectivity index (χ4v) is 2.11. The zero-order chi connectivity index (χ0) is 13.8. The molecule has 0 aliphatic carbocycles. The topological polar surface area (TPSA) is 77.4 Å². The van der Waals surface area contributed by atoms with Gasteiger partial charge in [-0.1, -0.05) is 12.2 Å². The summed E-state index contributed by atoms with van der Waals surface area (Å²) in [5, 5.41) is 19.1. The molecule has 0 aromatic carbocycles. The van der Waals surface area contributed by atoms with Crippen LogP contribution in [0.5, 0.6) is 0 Å². The Balaban J connectivity index is 1.88. The van der Waals surface area contributed by atoms with Crippen molar-refractivity contribution in [2.45, 2.75) is 56.6 Å². The minimum absolute atomic E-state index is 0.253. The predicted molar refractivity (Wildman–Crippen MR) is 65.8 cm³/mol. The van der Waals surface area contributed by atoms with Crippen molar-refractivity contribution in [3.8, 4) is 0 Å². The third-order valence-corrected chi connectivity index (χ3v) is 3.05. The normalized spacial score (nSPS) is 43.7. The van der Waals surface area contributed by atoms with Crippen LogP contribution in [-0.2, 0) is 18.9 Å². The third kappa shape index (κ3) is 4.10. The molecule has 0 spiro atoms. The first-order chi connectivity index (χ1) is 9.10. The third-order valence-electron chi connectivity index (χ3n) is 3.05. The lowest BCUT2D eigenvalue weighted by Crippen LogP contribution is -2.43. The fourth-order valence-electron chi connectivity index (χ4n) is 2.11. The monoisotopic (exact) mass is 272 g/mol. The Labute approximate surface area is 112 Å². The number of aliphatic hydroxyl groups is 2. The van der Waals surface area contributed by atoms with Crippen molar-refractivity contribution in [1.82, 2.24) is 0 Å². The molecule has 0 saturated carbocycles. The lowest BCUT2D eigenvalue weighted by Gasteiger charge is -2.37. The minimum Gasteiger partial charge on any atom is -0.368 e. The summed E-state index contributed by atoms with van der Waals surface area (Å²) in [6.07, 6.45) is 0.536. The standard InChI is InChI=1S/C13H20O6/c1-3-8-5-10(14)18-12(16-8)7-13-17-9(4-2)6-11(15)19-13/h3-4,8-15H,1-2,5-7H2/t8-,9-,10-,11+,12-,13+/m0/s1. The molecule has 6 nitrogen and oxygen atoms in total. The summed E-state index contributed by atoms with van der Waals surface area (Å²) in [5.41, 5.74) is 0. The van der Waals surface area contributed by atoms with E-state index in [1.165, 1.54) is 0 Å². The Morgan fingerprint density at radius 1 is 0.842 bits per heavy atom. The summed E-state index contributed by atoms with van der Waals surface area (Å²) in [6.45, 7) is 7.26. The van der Waals surface area contributed by atoms with Gasteiger partial charge in [-0.25, -0.2) is 0 Å². The molecule has 108 valence electrons. The van der Waals surface area contributed by atoms with Gasteiger partial charge in [0, 0.05) is 12.8 Å². The molecule has 0 aromatic heterocycles. The summed E-state index contributed by atoms with van der Waals surface area (Å²) in [6, 6.07) is 0. The van der Waals surface area contributed by atoms with Gasteiger partial charge in [0.15, 0.2) is 25.2 Å². The van der Waals surface area contributed by atoms with Crippen molar-refractivity contribution in [2.75, 3.05) is 0 Å². The summed E-state index contributed by atoms with van der Waals surface area (Å²) < 4.78 is 21.6. The van der Waals surface area contributed by atoms with Gasteiger partial charge in [-0.05, 0) is 0 Å². The molecule has 0 aromatic rings. The Kier molecular flexibility index (Phi) is 5.09. The van der Waals surface area contributed by atoms with E-state index in [1.807, 2.05) is 0 Å². The first kappa shape index (κ1) is 14.6. The highest BCUT2D eigenvalue weighted by atomic mass is 16.8. The first-order valence-electron chi connectivity index (χ1n) is 6.33. The van der Waals surface area contributed by atoms with Crippen LogP contribution in [0, 0.1) is 0 Å². The van der Waals surface area contributed by atoms with Gasteiger partial charge in [0.1, 0.15) is 0 Å². The number of hydrogen-bond acceptors (Lipinski definition) is 6. The largest absolute Gasteiger partial charge is 0.368 e. The van der Waals surface area contributed by atoms with E-state index in [4.69, 9.17) is 18.9 Å². The van der Waals surface area contributed by atoms with Gasteiger partial charge >= 0.3 is 0 Å². The molecule has 0 bridgehead atoms. The van der Waals surface area contributed by atoms with Crippen LogP contribution in [-0.4, -0.2) is 47.6 Å². The molecule has 2 saturated heterocycles. The number of aliphatic hydroxyl groups excluding tert-OH is 2. The van der Waals surface area contributed by atoms with Crippen molar-refractivity contribution < 1.29 is 29.2 Å². The van der Waals surface area contributed by atoms with Gasteiger partial charge in [0.25, 0.3) is 0 Å². The molecule has 2 rings (SSSR count). The molecule has 2 aliphatic heterocycles. The van der Waals surface area contributed by atoms with E-state index in [9.17, 15) is 10.2 Å². The molecule has 2 aliphatic rings. The van der Waals surface area contributed by atoms with Crippen molar-refractivity contribution in [1.29, 1.82) is 0 Å². The molecule has 6 heteroatoms. The van der Waals surface area contributed by atoms with Crippen molar-refractivity contribution >= 4 is 0 Å². The second-order valence-electron chi connectivity index (χ2n) is 4.57. The van der Waals surface area contributed by atoms with Crippen molar-refractivity contribution in [3.63, 3.8) is 0 Å². The number of hydrogen-bond donors (Lipinski definition) is 2. The van der Waals surface area contributed by atoms with Gasteiger partial charge in [-0.15, -0.1) is 13.2 Å². The number of rotatable bonds is 4. The highest BCUT2D eigenvalue weighted by molar-refractivity contribution is 4.85. The highest BCUT2D eigenvalue weighted by Gasteiger charge is 2.34. The van der Waals surface area contributed by atoms with Crippen LogP contribution in [0.3, 0.4) is 0 Å². The fraction of sp³-hybridized carbons (Fsp3) is 0.692. The van der Waals surface area contributed by atoms with Gasteiger partial charge in [0.05, 0.1) is 18.6 Å². The average molecular weight is 272 g/mol. The maximum absolute atomic E-state index is 9.56. The lowest BCUT2D eigenvalue weighted by molar-refractivity contribution is -0.333. The van der Waals surface area contributed by atoms with E-state index in [2.05, 4.69) is 13.2 Å². The molecule has 6 atom stereocenters. The van der Waals surface area contributed by atoms with E-state index < -0.39 is 25.2 Å². The summed E-state index contributed by atoms with van der Waals surface area (Å²) in [4.78, 5) is 0. The second-order valence-corrected chi connectivity index (χ2v) is 4.57. The van der Waals surface area contributed by atoms with E-state index in [-0.39, 0.29) is 18.6 Å². The van der Waals surface area contributed by atoms with E-state index in [0.29, 0.717) is 12.8 Å². The van der Waals surface area contributed by atoms with E-state index in [1.54, 1.807) is 12.2 Å². The Morgan fingerprint density at radius 2 is 1.26 bits per heavy atom. The Morgan fingerprint density at radius 3 is 1.63 bits per heavy atom. The molecule has 19 heavy (non-hydrogen) atoms. The minimum atomic E-state index is -0.898.